The number of aromatic nitrogens is 2. The Morgan fingerprint density at radius 1 is 1.35 bits per heavy atom. The Labute approximate surface area is 102 Å². The van der Waals surface area contributed by atoms with E-state index in [0.717, 1.165) is 38.2 Å². The maximum atomic E-state index is 5.43. The summed E-state index contributed by atoms with van der Waals surface area (Å²) < 4.78 is 10.7. The monoisotopic (exact) mass is 239 g/mol. The molecule has 1 saturated heterocycles. The third-order valence-corrected chi connectivity index (χ3v) is 3.59. The minimum Gasteiger partial charge on any atom is -0.374 e. The minimum atomic E-state index is 0.0721. The van der Waals surface area contributed by atoms with Crippen LogP contribution in [0.1, 0.15) is 44.8 Å². The molecule has 2 rings (SSSR count). The molecule has 1 N–H and O–H groups in total. The molecular weight excluding hydrogens is 218 g/mol. The van der Waals surface area contributed by atoms with Gasteiger partial charge in [0, 0.05) is 6.61 Å². The average molecular weight is 239 g/mol. The van der Waals surface area contributed by atoms with Gasteiger partial charge in [-0.3, -0.25) is 0 Å². The van der Waals surface area contributed by atoms with Crippen molar-refractivity contribution in [2.24, 2.45) is 0 Å². The second kappa shape index (κ2) is 5.60. The fourth-order valence-corrected chi connectivity index (χ4v) is 2.35. The molecule has 1 aliphatic rings. The van der Waals surface area contributed by atoms with E-state index in [-0.39, 0.29) is 5.41 Å². The van der Waals surface area contributed by atoms with E-state index in [9.17, 15) is 0 Å². The van der Waals surface area contributed by atoms with Crippen molar-refractivity contribution in [1.82, 2.24) is 15.5 Å². The molecule has 1 aromatic rings. The van der Waals surface area contributed by atoms with Gasteiger partial charge in [-0.25, -0.2) is 0 Å². The van der Waals surface area contributed by atoms with Gasteiger partial charge in [0.1, 0.15) is 6.61 Å². The highest BCUT2D eigenvalue weighted by atomic mass is 16.5. The van der Waals surface area contributed by atoms with Crippen LogP contribution < -0.4 is 5.32 Å². The van der Waals surface area contributed by atoms with Crippen molar-refractivity contribution in [1.29, 1.82) is 0 Å². The molecule has 96 valence electrons. The van der Waals surface area contributed by atoms with E-state index in [1.54, 1.807) is 0 Å². The molecule has 1 aliphatic heterocycles. The number of rotatable bonds is 5. The Hall–Kier alpha value is -0.940. The summed E-state index contributed by atoms with van der Waals surface area (Å²) in [4.78, 5) is 4.48. The number of ether oxygens (including phenoxy) is 1. The lowest BCUT2D eigenvalue weighted by molar-refractivity contribution is 0.126. The average Bonchev–Trinajstić information content (AvgIpc) is 2.86. The Bertz CT molecular complexity index is 345. The molecule has 0 unspecified atom stereocenters. The van der Waals surface area contributed by atoms with Crippen LogP contribution in [0.25, 0.3) is 0 Å². The van der Waals surface area contributed by atoms with Crippen LogP contribution in [0.3, 0.4) is 0 Å². The Kier molecular flexibility index (Phi) is 4.12. The Balaban J connectivity index is 2.10. The van der Waals surface area contributed by atoms with Gasteiger partial charge in [-0.2, -0.15) is 4.98 Å². The minimum absolute atomic E-state index is 0.0721. The first kappa shape index (κ1) is 12.5. The van der Waals surface area contributed by atoms with Crippen molar-refractivity contribution in [2.75, 3.05) is 19.7 Å². The van der Waals surface area contributed by atoms with Crippen LogP contribution in [-0.4, -0.2) is 29.8 Å². The lowest BCUT2D eigenvalue weighted by Gasteiger charge is -2.33. The van der Waals surface area contributed by atoms with Gasteiger partial charge in [0.2, 0.25) is 5.89 Å². The molecule has 5 heteroatoms. The van der Waals surface area contributed by atoms with Crippen LogP contribution in [0.2, 0.25) is 0 Å². The van der Waals surface area contributed by atoms with Crippen LogP contribution >= 0.6 is 0 Å². The van der Waals surface area contributed by atoms with Gasteiger partial charge in [-0.1, -0.05) is 12.1 Å². The van der Waals surface area contributed by atoms with Gasteiger partial charge in [0.15, 0.2) is 5.82 Å². The highest BCUT2D eigenvalue weighted by Gasteiger charge is 2.37. The van der Waals surface area contributed by atoms with Crippen molar-refractivity contribution in [2.45, 2.75) is 45.1 Å². The first-order valence-electron chi connectivity index (χ1n) is 6.42. The molecule has 0 bridgehead atoms. The maximum absolute atomic E-state index is 5.43. The van der Waals surface area contributed by atoms with Crippen molar-refractivity contribution in [3.63, 3.8) is 0 Å². The summed E-state index contributed by atoms with van der Waals surface area (Å²) >= 11 is 0. The summed E-state index contributed by atoms with van der Waals surface area (Å²) in [6.45, 7) is 7.32. The lowest BCUT2D eigenvalue weighted by Crippen LogP contribution is -2.39. The van der Waals surface area contributed by atoms with Gasteiger partial charge in [-0.15, -0.1) is 0 Å². The molecule has 2 heterocycles. The quantitative estimate of drug-likeness (QED) is 0.846. The summed E-state index contributed by atoms with van der Waals surface area (Å²) in [5.41, 5.74) is 0.0721. The van der Waals surface area contributed by atoms with Gasteiger partial charge in [0.25, 0.3) is 0 Å². The van der Waals surface area contributed by atoms with E-state index in [4.69, 9.17) is 9.26 Å². The number of nitrogens with zero attached hydrogens (tertiary/aromatic N) is 2. The molecule has 17 heavy (non-hydrogen) atoms. The molecule has 1 aromatic heterocycles. The Morgan fingerprint density at radius 3 is 2.76 bits per heavy atom. The second-order valence-corrected chi connectivity index (χ2v) is 4.54. The van der Waals surface area contributed by atoms with Crippen molar-refractivity contribution < 1.29 is 9.26 Å². The number of hydrogen-bond donors (Lipinski definition) is 1. The van der Waals surface area contributed by atoms with E-state index in [1.807, 2.05) is 6.92 Å². The summed E-state index contributed by atoms with van der Waals surface area (Å²) in [6.07, 6.45) is 3.19. The van der Waals surface area contributed by atoms with Crippen LogP contribution in [0.4, 0.5) is 0 Å². The molecule has 0 amide bonds. The van der Waals surface area contributed by atoms with Crippen molar-refractivity contribution in [3.05, 3.63) is 11.7 Å². The van der Waals surface area contributed by atoms with E-state index in [0.29, 0.717) is 19.0 Å². The lowest BCUT2D eigenvalue weighted by atomic mass is 9.76. The smallest absolute Gasteiger partial charge is 0.233 e. The molecule has 0 spiro atoms. The normalized spacial score (nSPS) is 19.4. The van der Waals surface area contributed by atoms with Crippen LogP contribution in [0.5, 0.6) is 0 Å². The number of piperidine rings is 1. The number of nitrogens with one attached hydrogen (secondary N) is 1. The molecule has 0 atom stereocenters. The zero-order valence-electron chi connectivity index (χ0n) is 10.7. The van der Waals surface area contributed by atoms with Gasteiger partial charge in [0.05, 0.1) is 5.41 Å². The highest BCUT2D eigenvalue weighted by molar-refractivity contribution is 5.07. The second-order valence-electron chi connectivity index (χ2n) is 4.54. The molecule has 0 aliphatic carbocycles. The van der Waals surface area contributed by atoms with Crippen molar-refractivity contribution >= 4 is 0 Å². The van der Waals surface area contributed by atoms with E-state index in [1.165, 1.54) is 0 Å². The molecule has 0 aromatic carbocycles. The third-order valence-electron chi connectivity index (χ3n) is 3.59. The first-order chi connectivity index (χ1) is 8.30. The summed E-state index contributed by atoms with van der Waals surface area (Å²) in [7, 11) is 0. The van der Waals surface area contributed by atoms with Crippen LogP contribution in [0.15, 0.2) is 4.52 Å². The fourth-order valence-electron chi connectivity index (χ4n) is 2.35. The molecule has 0 saturated carbocycles. The maximum Gasteiger partial charge on any atom is 0.233 e. The third kappa shape index (κ3) is 2.66. The van der Waals surface area contributed by atoms with Gasteiger partial charge >= 0.3 is 0 Å². The Morgan fingerprint density at radius 2 is 2.12 bits per heavy atom. The zero-order valence-corrected chi connectivity index (χ0v) is 10.7. The first-order valence-corrected chi connectivity index (χ1v) is 6.42. The largest absolute Gasteiger partial charge is 0.374 e. The SMILES string of the molecule is CCOCc1noc(C2(CC)CCNCC2)n1. The summed E-state index contributed by atoms with van der Waals surface area (Å²) in [5, 5.41) is 7.36. The zero-order chi connectivity index (χ0) is 12.1. The van der Waals surface area contributed by atoms with Crippen LogP contribution in [-0.2, 0) is 16.8 Å². The summed E-state index contributed by atoms with van der Waals surface area (Å²) in [6, 6.07) is 0. The van der Waals surface area contributed by atoms with E-state index >= 15 is 0 Å². The highest BCUT2D eigenvalue weighted by Crippen LogP contribution is 2.35. The molecule has 5 nitrogen and oxygen atoms in total. The van der Waals surface area contributed by atoms with Crippen LogP contribution in [0, 0.1) is 0 Å². The molecular formula is C12H21N3O2. The van der Waals surface area contributed by atoms with Crippen molar-refractivity contribution in [3.8, 4) is 0 Å². The van der Waals surface area contributed by atoms with Gasteiger partial charge in [-0.05, 0) is 39.3 Å². The summed E-state index contributed by atoms with van der Waals surface area (Å²) in [5.74, 6) is 1.45. The standard InChI is InChI=1S/C12H21N3O2/c1-3-12(5-7-13-8-6-12)11-14-10(15-17-11)9-16-4-2/h13H,3-9H2,1-2H3. The van der Waals surface area contributed by atoms with Gasteiger partial charge < -0.3 is 14.6 Å². The molecule has 1 fully saturated rings. The molecule has 0 radical (unpaired) electrons. The predicted octanol–water partition coefficient (Wildman–Crippen LogP) is 1.64. The number of hydrogen-bond acceptors (Lipinski definition) is 5. The van der Waals surface area contributed by atoms with E-state index < -0.39 is 0 Å². The fraction of sp³-hybridized carbons (Fsp3) is 0.833. The van der Waals surface area contributed by atoms with E-state index in [2.05, 4.69) is 22.4 Å². The predicted molar refractivity (Wildman–Crippen MR) is 63.7 cm³/mol. The topological polar surface area (TPSA) is 60.2 Å².